The predicted molar refractivity (Wildman–Crippen MR) is 105 cm³/mol. The largest absolute Gasteiger partial charge is 0.465 e. The first-order valence-electron chi connectivity index (χ1n) is 8.92. The van der Waals surface area contributed by atoms with Gasteiger partial charge in [-0.25, -0.2) is 14.2 Å². The topological polar surface area (TPSA) is 75.4 Å². The Morgan fingerprint density at radius 2 is 1.79 bits per heavy atom. The van der Waals surface area contributed by atoms with Crippen LogP contribution in [-0.4, -0.2) is 31.2 Å². The number of rotatable bonds is 3. The van der Waals surface area contributed by atoms with Crippen molar-refractivity contribution in [2.24, 2.45) is 0 Å². The van der Waals surface area contributed by atoms with Gasteiger partial charge in [0.05, 0.1) is 17.1 Å². The molecule has 0 saturated carbocycles. The number of fused-ring (bicyclic) bond motifs is 1. The van der Waals surface area contributed by atoms with E-state index in [0.717, 1.165) is 0 Å². The molecule has 1 amide bonds. The fourth-order valence-corrected chi connectivity index (χ4v) is 3.45. The Morgan fingerprint density at radius 3 is 2.36 bits per heavy atom. The summed E-state index contributed by atoms with van der Waals surface area (Å²) >= 11 is 0. The van der Waals surface area contributed by atoms with Crippen molar-refractivity contribution in [3.05, 3.63) is 70.5 Å². The van der Waals surface area contributed by atoms with Gasteiger partial charge in [-0.05, 0) is 52.0 Å². The van der Waals surface area contributed by atoms with Crippen molar-refractivity contribution in [1.82, 2.24) is 14.5 Å². The number of aromatic nitrogens is 2. The summed E-state index contributed by atoms with van der Waals surface area (Å²) in [5.41, 5.74) is -0.737. The normalized spacial score (nSPS) is 12.8. The highest BCUT2D eigenvalue weighted by molar-refractivity contribution is 5.78. The fourth-order valence-electron chi connectivity index (χ4n) is 3.45. The molecule has 3 aromatic rings. The monoisotopic (exact) mass is 383 g/mol. The van der Waals surface area contributed by atoms with Crippen molar-refractivity contribution >= 4 is 17.0 Å². The number of hydrogen-bond donors (Lipinski definition) is 1. The quantitative estimate of drug-likeness (QED) is 0.729. The minimum Gasteiger partial charge on any atom is -0.465 e. The molecule has 146 valence electrons. The number of amides is 1. The summed E-state index contributed by atoms with van der Waals surface area (Å²) in [6.45, 7) is 6.91. The minimum absolute atomic E-state index is 0.0687. The van der Waals surface area contributed by atoms with Crippen molar-refractivity contribution < 1.29 is 14.3 Å². The second-order valence-corrected chi connectivity index (χ2v) is 7.58. The molecule has 0 unspecified atom stereocenters. The van der Waals surface area contributed by atoms with E-state index in [1.165, 1.54) is 27.7 Å². The maximum atomic E-state index is 14.4. The number of carboxylic acid groups (broad SMARTS) is 1. The first-order chi connectivity index (χ1) is 13.1. The summed E-state index contributed by atoms with van der Waals surface area (Å²) in [6, 6.07) is 12.2. The molecular weight excluding hydrogens is 361 g/mol. The van der Waals surface area contributed by atoms with Gasteiger partial charge in [0.25, 0.3) is 5.56 Å². The fraction of sp³-hybridized carbons (Fsp3) is 0.286. The van der Waals surface area contributed by atoms with Gasteiger partial charge in [0.1, 0.15) is 17.2 Å². The predicted octanol–water partition coefficient (Wildman–Crippen LogP) is 4.36. The van der Waals surface area contributed by atoms with Gasteiger partial charge in [-0.15, -0.1) is 0 Å². The molecule has 6 nitrogen and oxygen atoms in total. The van der Waals surface area contributed by atoms with E-state index >= 15 is 0 Å². The second kappa shape index (κ2) is 7.07. The van der Waals surface area contributed by atoms with Crippen LogP contribution in [0.4, 0.5) is 9.18 Å². The molecule has 28 heavy (non-hydrogen) atoms. The van der Waals surface area contributed by atoms with Crippen LogP contribution in [0, 0.1) is 5.82 Å². The van der Waals surface area contributed by atoms with Crippen molar-refractivity contribution in [1.29, 1.82) is 0 Å². The number of para-hydroxylation sites is 2. The van der Waals surface area contributed by atoms with E-state index < -0.39 is 29.1 Å². The average molecular weight is 383 g/mol. The maximum absolute atomic E-state index is 14.4. The third kappa shape index (κ3) is 3.35. The van der Waals surface area contributed by atoms with Crippen LogP contribution in [-0.2, 0) is 0 Å². The number of carbonyl (C=O) groups is 1. The Morgan fingerprint density at radius 1 is 1.14 bits per heavy atom. The first kappa shape index (κ1) is 19.5. The molecular formula is C21H22FN3O3. The van der Waals surface area contributed by atoms with E-state index in [0.29, 0.717) is 5.69 Å². The van der Waals surface area contributed by atoms with Crippen LogP contribution in [0.3, 0.4) is 0 Å². The van der Waals surface area contributed by atoms with Gasteiger partial charge in [0.15, 0.2) is 0 Å². The molecule has 1 heterocycles. The number of hydrogen-bond acceptors (Lipinski definition) is 3. The van der Waals surface area contributed by atoms with Gasteiger partial charge in [-0.2, -0.15) is 0 Å². The Kier molecular flexibility index (Phi) is 4.93. The first-order valence-corrected chi connectivity index (χ1v) is 8.92. The lowest BCUT2D eigenvalue weighted by atomic mass is 10.0. The minimum atomic E-state index is -1.15. The smallest absolute Gasteiger partial charge is 0.408 e. The van der Waals surface area contributed by atoms with Gasteiger partial charge in [0.2, 0.25) is 0 Å². The molecule has 2 aromatic carbocycles. The van der Waals surface area contributed by atoms with E-state index in [4.69, 9.17) is 0 Å². The zero-order valence-corrected chi connectivity index (χ0v) is 16.2. The molecule has 0 fully saturated rings. The lowest BCUT2D eigenvalue weighted by molar-refractivity contribution is 0.0719. The van der Waals surface area contributed by atoms with Crippen molar-refractivity contribution in [3.8, 4) is 5.69 Å². The molecule has 0 radical (unpaired) electrons. The summed E-state index contributed by atoms with van der Waals surface area (Å²) in [6.07, 6.45) is -1.15. The average Bonchev–Trinajstić information content (AvgIpc) is 2.61. The molecule has 0 aliphatic rings. The highest BCUT2D eigenvalue weighted by Gasteiger charge is 2.34. The maximum Gasteiger partial charge on any atom is 0.408 e. The second-order valence-electron chi connectivity index (χ2n) is 7.58. The summed E-state index contributed by atoms with van der Waals surface area (Å²) < 4.78 is 15.8. The molecule has 0 saturated heterocycles. The lowest BCUT2D eigenvalue weighted by Gasteiger charge is -2.38. The molecule has 0 bridgehead atoms. The number of nitrogens with zero attached hydrogens (tertiary/aromatic N) is 3. The number of benzene rings is 2. The Labute approximate surface area is 161 Å². The van der Waals surface area contributed by atoms with E-state index in [1.807, 2.05) is 6.07 Å². The zero-order valence-electron chi connectivity index (χ0n) is 16.2. The third-order valence-corrected chi connectivity index (χ3v) is 4.58. The molecule has 7 heteroatoms. The zero-order chi connectivity index (χ0) is 20.6. The third-order valence-electron chi connectivity index (χ3n) is 4.58. The van der Waals surface area contributed by atoms with Crippen LogP contribution in [0.25, 0.3) is 16.6 Å². The number of halogens is 1. The van der Waals surface area contributed by atoms with Crippen LogP contribution in [0.2, 0.25) is 0 Å². The molecule has 0 spiro atoms. The SMILES string of the molecule is C[C@@H](c1nc2c(F)cccc2c(=O)n1-c1ccccc1)N(C(=O)O)C(C)(C)C. The Hall–Kier alpha value is -3.22. The summed E-state index contributed by atoms with van der Waals surface area (Å²) in [5, 5.41) is 9.91. The lowest BCUT2D eigenvalue weighted by Crippen LogP contribution is -2.47. The van der Waals surface area contributed by atoms with Crippen LogP contribution >= 0.6 is 0 Å². The molecule has 0 aliphatic heterocycles. The van der Waals surface area contributed by atoms with Crippen molar-refractivity contribution in [2.75, 3.05) is 0 Å². The van der Waals surface area contributed by atoms with E-state index in [-0.39, 0.29) is 16.7 Å². The standard InChI is InChI=1S/C21H22FN3O3/c1-13(25(20(27)28)21(2,3)4)18-23-17-15(11-8-12-16(17)22)19(26)24(18)14-9-6-5-7-10-14/h5-13H,1-4H3,(H,27,28)/t13-/m0/s1. The van der Waals surface area contributed by atoms with Crippen LogP contribution in [0.5, 0.6) is 0 Å². The van der Waals surface area contributed by atoms with Crippen molar-refractivity contribution in [2.45, 2.75) is 39.3 Å². The molecule has 3 rings (SSSR count). The summed E-state index contributed by atoms with van der Waals surface area (Å²) in [7, 11) is 0. The van der Waals surface area contributed by atoms with Crippen LogP contribution < -0.4 is 5.56 Å². The highest BCUT2D eigenvalue weighted by atomic mass is 19.1. The van der Waals surface area contributed by atoms with Crippen LogP contribution in [0.1, 0.15) is 39.6 Å². The van der Waals surface area contributed by atoms with Gasteiger partial charge < -0.3 is 5.11 Å². The van der Waals surface area contributed by atoms with E-state index in [1.54, 1.807) is 52.0 Å². The Balaban J connectivity index is 2.39. The van der Waals surface area contributed by atoms with E-state index in [9.17, 15) is 19.1 Å². The summed E-state index contributed by atoms with van der Waals surface area (Å²) in [4.78, 5) is 30.8. The van der Waals surface area contributed by atoms with Gasteiger partial charge in [-0.1, -0.05) is 24.3 Å². The molecule has 0 aliphatic carbocycles. The molecule has 1 atom stereocenters. The molecule has 1 aromatic heterocycles. The van der Waals surface area contributed by atoms with E-state index in [2.05, 4.69) is 4.98 Å². The van der Waals surface area contributed by atoms with Crippen LogP contribution in [0.15, 0.2) is 53.3 Å². The van der Waals surface area contributed by atoms with Crippen molar-refractivity contribution in [3.63, 3.8) is 0 Å². The van der Waals surface area contributed by atoms with Gasteiger partial charge in [-0.3, -0.25) is 14.3 Å². The molecule has 1 N–H and O–H groups in total. The van der Waals surface area contributed by atoms with Gasteiger partial charge in [0, 0.05) is 5.54 Å². The summed E-state index contributed by atoms with van der Waals surface area (Å²) in [5.74, 6) is -0.466. The highest BCUT2D eigenvalue weighted by Crippen LogP contribution is 2.29. The van der Waals surface area contributed by atoms with Gasteiger partial charge >= 0.3 is 6.09 Å². The Bertz CT molecular complexity index is 1090.